The van der Waals surface area contributed by atoms with Gasteiger partial charge in [-0.25, -0.2) is 0 Å². The maximum atomic E-state index is 5.78. The second-order valence-corrected chi connectivity index (χ2v) is 4.02. The maximum Gasteiger partial charge on any atom is 0.171 e. The van der Waals surface area contributed by atoms with Crippen LogP contribution in [0.2, 0.25) is 0 Å². The zero-order chi connectivity index (χ0) is 12.0. The highest BCUT2D eigenvalue weighted by atomic mass is 15.3. The summed E-state index contributed by atoms with van der Waals surface area (Å²) < 4.78 is 3.64. The fourth-order valence-electron chi connectivity index (χ4n) is 1.91. The lowest BCUT2D eigenvalue weighted by Crippen LogP contribution is -1.93. The summed E-state index contributed by atoms with van der Waals surface area (Å²) in [5, 5.41) is 12.6. The Labute approximate surface area is 97.7 Å². The first-order valence-electron chi connectivity index (χ1n) is 5.26. The quantitative estimate of drug-likeness (QED) is 0.674. The number of hydrogen-bond acceptors (Lipinski definition) is 4. The Balaban J connectivity index is 2.30. The molecule has 0 fully saturated rings. The number of pyridine rings is 1. The lowest BCUT2D eigenvalue weighted by Gasteiger charge is -1.99. The Morgan fingerprint density at radius 2 is 2.00 bits per heavy atom. The molecule has 0 saturated carbocycles. The number of hydrogen-bond donors (Lipinski definition) is 1. The fraction of sp³-hybridized carbons (Fsp3) is 0.182. The van der Waals surface area contributed by atoms with Crippen molar-refractivity contribution in [3.8, 4) is 11.4 Å². The molecular weight excluding hydrogens is 216 g/mol. The van der Waals surface area contributed by atoms with Crippen LogP contribution >= 0.6 is 0 Å². The summed E-state index contributed by atoms with van der Waals surface area (Å²) in [6.45, 7) is 1.95. The topological polar surface area (TPSA) is 74.0 Å². The molecule has 0 aliphatic carbocycles. The van der Waals surface area contributed by atoms with Crippen molar-refractivity contribution in [1.82, 2.24) is 24.4 Å². The van der Waals surface area contributed by atoms with Gasteiger partial charge in [0.2, 0.25) is 0 Å². The maximum absolute atomic E-state index is 5.78. The van der Waals surface area contributed by atoms with E-state index in [0.29, 0.717) is 5.69 Å². The van der Waals surface area contributed by atoms with Crippen molar-refractivity contribution < 1.29 is 0 Å². The number of nitrogen functional groups attached to an aromatic ring is 1. The monoisotopic (exact) mass is 228 g/mol. The minimum atomic E-state index is 0.681. The van der Waals surface area contributed by atoms with Crippen LogP contribution in [0.4, 0.5) is 5.69 Å². The third-order valence-electron chi connectivity index (χ3n) is 2.68. The Hall–Kier alpha value is -2.37. The van der Waals surface area contributed by atoms with E-state index < -0.39 is 0 Å². The molecule has 0 radical (unpaired) electrons. The molecule has 0 aliphatic heterocycles. The molecule has 0 bridgehead atoms. The number of nitrogens with two attached hydrogens (primary N) is 1. The molecule has 2 N–H and O–H groups in total. The molecule has 3 aromatic rings. The van der Waals surface area contributed by atoms with E-state index in [0.717, 1.165) is 22.7 Å². The van der Waals surface area contributed by atoms with Crippen LogP contribution in [-0.4, -0.2) is 24.4 Å². The van der Waals surface area contributed by atoms with E-state index in [9.17, 15) is 0 Å². The molecule has 6 heteroatoms. The van der Waals surface area contributed by atoms with Gasteiger partial charge in [-0.2, -0.15) is 5.10 Å². The first-order chi connectivity index (χ1) is 8.15. The highest BCUT2D eigenvalue weighted by Crippen LogP contribution is 2.21. The fourth-order valence-corrected chi connectivity index (χ4v) is 1.91. The van der Waals surface area contributed by atoms with Gasteiger partial charge in [0.05, 0.1) is 11.3 Å². The predicted molar refractivity (Wildman–Crippen MR) is 64.3 cm³/mol. The van der Waals surface area contributed by atoms with E-state index in [1.54, 1.807) is 4.68 Å². The van der Waals surface area contributed by atoms with Crippen LogP contribution in [0.15, 0.2) is 24.5 Å². The van der Waals surface area contributed by atoms with Gasteiger partial charge in [-0.1, -0.05) is 0 Å². The van der Waals surface area contributed by atoms with Crippen LogP contribution in [0.5, 0.6) is 0 Å². The van der Waals surface area contributed by atoms with Crippen molar-refractivity contribution in [2.75, 3.05) is 5.73 Å². The molecule has 0 unspecified atom stereocenters. The Morgan fingerprint density at radius 3 is 2.71 bits per heavy atom. The molecule has 0 saturated heterocycles. The summed E-state index contributed by atoms with van der Waals surface area (Å²) in [6, 6.07) is 3.65. The summed E-state index contributed by atoms with van der Waals surface area (Å²) in [6.07, 6.45) is 3.74. The molecule has 3 aromatic heterocycles. The van der Waals surface area contributed by atoms with E-state index >= 15 is 0 Å². The molecule has 0 atom stereocenters. The number of rotatable bonds is 1. The van der Waals surface area contributed by atoms with Gasteiger partial charge in [-0.15, -0.1) is 10.2 Å². The van der Waals surface area contributed by atoms with Crippen molar-refractivity contribution in [1.29, 1.82) is 0 Å². The minimum Gasteiger partial charge on any atom is -0.398 e. The van der Waals surface area contributed by atoms with E-state index in [1.165, 1.54) is 0 Å². The van der Waals surface area contributed by atoms with Gasteiger partial charge in [0, 0.05) is 25.1 Å². The lowest BCUT2D eigenvalue weighted by atomic mass is 10.2. The van der Waals surface area contributed by atoms with Crippen molar-refractivity contribution in [3.63, 3.8) is 0 Å². The first kappa shape index (κ1) is 9.83. The number of nitrogens with zero attached hydrogens (tertiary/aromatic N) is 5. The van der Waals surface area contributed by atoms with Gasteiger partial charge in [0.25, 0.3) is 0 Å². The van der Waals surface area contributed by atoms with E-state index in [4.69, 9.17) is 5.73 Å². The predicted octanol–water partition coefficient (Wildman–Crippen LogP) is 1.02. The number of aromatic nitrogens is 5. The summed E-state index contributed by atoms with van der Waals surface area (Å²) in [7, 11) is 1.88. The first-order valence-corrected chi connectivity index (χ1v) is 5.26. The van der Waals surface area contributed by atoms with Crippen molar-refractivity contribution in [2.24, 2.45) is 7.05 Å². The molecule has 3 rings (SSSR count). The van der Waals surface area contributed by atoms with E-state index in [-0.39, 0.29) is 0 Å². The summed E-state index contributed by atoms with van der Waals surface area (Å²) in [4.78, 5) is 0. The van der Waals surface area contributed by atoms with Crippen LogP contribution in [0, 0.1) is 6.92 Å². The third-order valence-corrected chi connectivity index (χ3v) is 2.68. The molecule has 0 aromatic carbocycles. The third kappa shape index (κ3) is 1.45. The molecule has 17 heavy (non-hydrogen) atoms. The van der Waals surface area contributed by atoms with Gasteiger partial charge >= 0.3 is 0 Å². The normalized spacial score (nSPS) is 11.2. The highest BCUT2D eigenvalue weighted by molar-refractivity contribution is 5.62. The molecular formula is C11H12N6. The summed E-state index contributed by atoms with van der Waals surface area (Å²) in [5.41, 5.74) is 9.12. The minimum absolute atomic E-state index is 0.681. The van der Waals surface area contributed by atoms with Gasteiger partial charge in [-0.05, 0) is 19.1 Å². The highest BCUT2D eigenvalue weighted by Gasteiger charge is 2.13. The van der Waals surface area contributed by atoms with Crippen molar-refractivity contribution >= 4 is 11.3 Å². The smallest absolute Gasteiger partial charge is 0.171 e. The molecule has 3 heterocycles. The van der Waals surface area contributed by atoms with Crippen LogP contribution < -0.4 is 5.73 Å². The van der Waals surface area contributed by atoms with E-state index in [2.05, 4.69) is 15.3 Å². The SMILES string of the molecule is Cc1nn(C)cc1-c1nnc2ccc(N)cn12. The van der Waals surface area contributed by atoms with Crippen LogP contribution in [0.3, 0.4) is 0 Å². The van der Waals surface area contributed by atoms with E-state index in [1.807, 2.05) is 42.9 Å². The largest absolute Gasteiger partial charge is 0.398 e. The zero-order valence-electron chi connectivity index (χ0n) is 9.62. The number of aryl methyl sites for hydroxylation is 2. The average molecular weight is 228 g/mol. The van der Waals surface area contributed by atoms with Gasteiger partial charge in [0.15, 0.2) is 11.5 Å². The Bertz CT molecular complexity index is 693. The van der Waals surface area contributed by atoms with Gasteiger partial charge in [-0.3, -0.25) is 9.08 Å². The summed E-state index contributed by atoms with van der Waals surface area (Å²) >= 11 is 0. The van der Waals surface area contributed by atoms with Crippen LogP contribution in [0.1, 0.15) is 5.69 Å². The van der Waals surface area contributed by atoms with Gasteiger partial charge in [0.1, 0.15) is 0 Å². The standard InChI is InChI=1S/C11H12N6/c1-7-9(6-16(2)15-7)11-14-13-10-4-3-8(12)5-17(10)11/h3-6H,12H2,1-2H3. The second kappa shape index (κ2) is 3.31. The molecule has 6 nitrogen and oxygen atoms in total. The molecule has 0 spiro atoms. The molecule has 86 valence electrons. The number of anilines is 1. The zero-order valence-corrected chi connectivity index (χ0v) is 9.62. The molecule has 0 aliphatic rings. The summed E-state index contributed by atoms with van der Waals surface area (Å²) in [5.74, 6) is 0.762. The Morgan fingerprint density at radius 1 is 1.18 bits per heavy atom. The number of fused-ring (bicyclic) bond motifs is 1. The second-order valence-electron chi connectivity index (χ2n) is 4.02. The average Bonchev–Trinajstić information content (AvgIpc) is 2.81. The van der Waals surface area contributed by atoms with Crippen LogP contribution in [-0.2, 0) is 7.05 Å². The van der Waals surface area contributed by atoms with Gasteiger partial charge < -0.3 is 5.73 Å². The van der Waals surface area contributed by atoms with Crippen molar-refractivity contribution in [2.45, 2.75) is 6.92 Å². The van der Waals surface area contributed by atoms with Crippen molar-refractivity contribution in [3.05, 3.63) is 30.2 Å². The van der Waals surface area contributed by atoms with Crippen LogP contribution in [0.25, 0.3) is 17.0 Å². The lowest BCUT2D eigenvalue weighted by molar-refractivity contribution is 0.756. The molecule has 0 amide bonds. The Kier molecular flexibility index (Phi) is 1.91.